The van der Waals surface area contributed by atoms with Crippen molar-refractivity contribution in [2.45, 2.75) is 134 Å². The first-order valence-corrected chi connectivity index (χ1v) is 12.9. The molecule has 1 atom stereocenters. The van der Waals surface area contributed by atoms with Crippen LogP contribution in [-0.2, 0) is 16.8 Å². The van der Waals surface area contributed by atoms with Gasteiger partial charge in [-0.25, -0.2) is 0 Å². The first kappa shape index (κ1) is 23.3. The van der Waals surface area contributed by atoms with Gasteiger partial charge in [0.1, 0.15) is 11.2 Å². The molecule has 0 spiro atoms. The van der Waals surface area contributed by atoms with Crippen molar-refractivity contribution in [1.29, 1.82) is 0 Å². The number of nitrogens with one attached hydrogen (secondary N) is 1. The molecular weight excluding hydrogens is 400 g/mol. The van der Waals surface area contributed by atoms with Crippen LogP contribution in [0.2, 0.25) is 0 Å². The minimum Gasteiger partial charge on any atom is -0.351 e. The number of rotatable bonds is 3. The van der Waals surface area contributed by atoms with Crippen molar-refractivity contribution in [2.75, 3.05) is 0 Å². The molecule has 178 valence electrons. The first-order chi connectivity index (χ1) is 15.2. The van der Waals surface area contributed by atoms with Crippen molar-refractivity contribution < 1.29 is 9.59 Å². The molecule has 2 heterocycles. The third kappa shape index (κ3) is 4.60. The predicted octanol–water partition coefficient (Wildman–Crippen LogP) is 4.96. The van der Waals surface area contributed by atoms with Gasteiger partial charge in [0, 0.05) is 17.5 Å². The third-order valence-electron chi connectivity index (χ3n) is 7.85. The second-order valence-corrected chi connectivity index (χ2v) is 11.6. The molecule has 0 radical (unpaired) electrons. The van der Waals surface area contributed by atoms with Crippen molar-refractivity contribution in [3.05, 3.63) is 17.5 Å². The third-order valence-corrected chi connectivity index (χ3v) is 7.85. The molecule has 1 aromatic rings. The van der Waals surface area contributed by atoms with Crippen LogP contribution in [0, 0.1) is 0 Å². The van der Waals surface area contributed by atoms with Gasteiger partial charge in [-0.05, 0) is 38.7 Å². The molecule has 0 unspecified atom stereocenters. The van der Waals surface area contributed by atoms with Crippen LogP contribution in [0.3, 0.4) is 0 Å². The molecule has 3 aliphatic rings. The minimum absolute atomic E-state index is 0.000422. The Balaban J connectivity index is 1.68. The van der Waals surface area contributed by atoms with Crippen LogP contribution in [0.15, 0.2) is 6.07 Å². The van der Waals surface area contributed by atoms with E-state index in [1.165, 1.54) is 38.5 Å². The smallest absolute Gasteiger partial charge is 0.273 e. The number of amides is 2. The van der Waals surface area contributed by atoms with Crippen molar-refractivity contribution in [3.63, 3.8) is 0 Å². The van der Waals surface area contributed by atoms with E-state index in [9.17, 15) is 9.59 Å². The molecule has 0 aromatic carbocycles. The summed E-state index contributed by atoms with van der Waals surface area (Å²) in [5, 5.41) is 8.17. The van der Waals surface area contributed by atoms with Crippen LogP contribution in [0.1, 0.15) is 121 Å². The van der Waals surface area contributed by atoms with Crippen LogP contribution in [0.5, 0.6) is 0 Å². The van der Waals surface area contributed by atoms with E-state index in [0.29, 0.717) is 12.2 Å². The van der Waals surface area contributed by atoms with Gasteiger partial charge >= 0.3 is 0 Å². The molecule has 1 N–H and O–H groups in total. The van der Waals surface area contributed by atoms with E-state index in [4.69, 9.17) is 5.10 Å². The zero-order chi connectivity index (χ0) is 22.9. The Hall–Kier alpha value is -1.85. The predicted molar refractivity (Wildman–Crippen MR) is 127 cm³/mol. The highest BCUT2D eigenvalue weighted by Crippen LogP contribution is 2.36. The number of hydrogen-bond acceptors (Lipinski definition) is 3. The van der Waals surface area contributed by atoms with Crippen molar-refractivity contribution in [3.8, 4) is 0 Å². The largest absolute Gasteiger partial charge is 0.351 e. The van der Waals surface area contributed by atoms with Crippen LogP contribution in [0.4, 0.5) is 0 Å². The number of carbonyl (C=O) groups is 2. The van der Waals surface area contributed by atoms with Crippen LogP contribution >= 0.6 is 0 Å². The van der Waals surface area contributed by atoms with E-state index in [0.717, 1.165) is 44.2 Å². The fraction of sp³-hybridized carbons (Fsp3) is 0.808. The summed E-state index contributed by atoms with van der Waals surface area (Å²) < 4.78 is 1.81. The molecule has 4 rings (SSSR count). The van der Waals surface area contributed by atoms with E-state index in [1.54, 1.807) is 0 Å². The normalized spacial score (nSPS) is 26.4. The van der Waals surface area contributed by atoms with Crippen molar-refractivity contribution in [2.24, 2.45) is 0 Å². The van der Waals surface area contributed by atoms with Crippen LogP contribution in [0.25, 0.3) is 0 Å². The molecule has 1 aliphatic heterocycles. The van der Waals surface area contributed by atoms with Gasteiger partial charge in [-0.2, -0.15) is 5.10 Å². The van der Waals surface area contributed by atoms with E-state index in [-0.39, 0.29) is 29.3 Å². The molecule has 2 amide bonds. The standard InChI is InChI=1S/C26H42N4O2/c1-25(2,3)22-17-21-23(31)30(20-15-11-7-8-12-16-20)26(4,18-29(21)28-22)24(32)27-19-13-9-5-6-10-14-19/h17,19-20H,5-16,18H2,1-4H3,(H,27,32)/t26-/m1/s1. The number of carbonyl (C=O) groups excluding carboxylic acids is 2. The van der Waals surface area contributed by atoms with Gasteiger partial charge in [0.2, 0.25) is 5.91 Å². The quantitative estimate of drug-likeness (QED) is 0.673. The Kier molecular flexibility index (Phi) is 6.69. The Bertz CT molecular complexity index is 823. The van der Waals surface area contributed by atoms with E-state index >= 15 is 0 Å². The highest BCUT2D eigenvalue weighted by molar-refractivity contribution is 6.00. The molecule has 0 bridgehead atoms. The van der Waals surface area contributed by atoms with Crippen molar-refractivity contribution in [1.82, 2.24) is 20.0 Å². The van der Waals surface area contributed by atoms with E-state index < -0.39 is 5.54 Å². The fourth-order valence-corrected chi connectivity index (χ4v) is 5.82. The second-order valence-electron chi connectivity index (χ2n) is 11.6. The lowest BCUT2D eigenvalue weighted by Gasteiger charge is -2.47. The van der Waals surface area contributed by atoms with E-state index in [2.05, 4.69) is 26.1 Å². The summed E-state index contributed by atoms with van der Waals surface area (Å²) in [6.45, 7) is 8.76. The van der Waals surface area contributed by atoms with Gasteiger partial charge in [0.15, 0.2) is 0 Å². The molecule has 32 heavy (non-hydrogen) atoms. The second kappa shape index (κ2) is 9.18. The Morgan fingerprint density at radius 3 is 2.12 bits per heavy atom. The molecule has 2 fully saturated rings. The number of aromatic nitrogens is 2. The summed E-state index contributed by atoms with van der Waals surface area (Å²) in [6.07, 6.45) is 13.6. The zero-order valence-electron chi connectivity index (χ0n) is 20.6. The molecule has 6 heteroatoms. The Labute approximate surface area is 193 Å². The molecular formula is C26H42N4O2. The summed E-state index contributed by atoms with van der Waals surface area (Å²) in [5.74, 6) is -0.0230. The minimum atomic E-state index is -0.910. The summed E-state index contributed by atoms with van der Waals surface area (Å²) in [4.78, 5) is 29.7. The molecule has 1 aromatic heterocycles. The summed E-state index contributed by atoms with van der Waals surface area (Å²) in [6, 6.07) is 2.29. The molecule has 2 saturated carbocycles. The molecule has 6 nitrogen and oxygen atoms in total. The zero-order valence-corrected chi connectivity index (χ0v) is 20.6. The SMILES string of the molecule is CC(C)(C)c1cc2n(n1)C[C@](C)(C(=O)NC1CCCCCC1)N(C1CCCCCC1)C2=O. The number of nitrogens with zero attached hydrogens (tertiary/aromatic N) is 3. The van der Waals surface area contributed by atoms with Gasteiger partial charge in [-0.15, -0.1) is 0 Å². The van der Waals surface area contributed by atoms with Gasteiger partial charge < -0.3 is 10.2 Å². The lowest BCUT2D eigenvalue weighted by Crippen LogP contribution is -2.67. The number of hydrogen-bond donors (Lipinski definition) is 1. The first-order valence-electron chi connectivity index (χ1n) is 12.9. The van der Waals surface area contributed by atoms with Gasteiger partial charge in [0.05, 0.1) is 12.2 Å². The van der Waals surface area contributed by atoms with Gasteiger partial charge in [-0.1, -0.05) is 72.1 Å². The summed E-state index contributed by atoms with van der Waals surface area (Å²) in [5.41, 5.74) is 0.498. The van der Waals surface area contributed by atoms with Gasteiger partial charge in [0.25, 0.3) is 5.91 Å². The fourth-order valence-electron chi connectivity index (χ4n) is 5.82. The Morgan fingerprint density at radius 2 is 1.56 bits per heavy atom. The van der Waals surface area contributed by atoms with Crippen molar-refractivity contribution >= 4 is 11.8 Å². The highest BCUT2D eigenvalue weighted by Gasteiger charge is 2.51. The molecule has 2 aliphatic carbocycles. The maximum absolute atomic E-state index is 13.9. The highest BCUT2D eigenvalue weighted by atomic mass is 16.2. The molecule has 0 saturated heterocycles. The summed E-state index contributed by atoms with van der Waals surface area (Å²) in [7, 11) is 0. The van der Waals surface area contributed by atoms with Crippen LogP contribution < -0.4 is 5.32 Å². The Morgan fingerprint density at radius 1 is 1.00 bits per heavy atom. The maximum atomic E-state index is 13.9. The average Bonchev–Trinajstić information content (AvgIpc) is 2.89. The maximum Gasteiger partial charge on any atom is 0.273 e. The lowest BCUT2D eigenvalue weighted by atomic mass is 9.89. The lowest BCUT2D eigenvalue weighted by molar-refractivity contribution is -0.135. The van der Waals surface area contributed by atoms with E-state index in [1.807, 2.05) is 22.6 Å². The van der Waals surface area contributed by atoms with Gasteiger partial charge in [-0.3, -0.25) is 14.3 Å². The average molecular weight is 443 g/mol. The summed E-state index contributed by atoms with van der Waals surface area (Å²) >= 11 is 0. The number of fused-ring (bicyclic) bond motifs is 1. The monoisotopic (exact) mass is 442 g/mol. The van der Waals surface area contributed by atoms with Crippen LogP contribution in [-0.4, -0.2) is 44.1 Å². The topological polar surface area (TPSA) is 67.2 Å².